The van der Waals surface area contributed by atoms with Gasteiger partial charge < -0.3 is 14.6 Å². The third-order valence-corrected chi connectivity index (χ3v) is 4.85. The Hall–Kier alpha value is -0.870. The predicted octanol–water partition coefficient (Wildman–Crippen LogP) is 2.99. The summed E-state index contributed by atoms with van der Waals surface area (Å²) in [6.45, 7) is 6.33. The highest BCUT2D eigenvalue weighted by Crippen LogP contribution is 2.45. The molecule has 1 aliphatic carbocycles. The molecule has 0 amide bonds. The molecule has 2 unspecified atom stereocenters. The van der Waals surface area contributed by atoms with Gasteiger partial charge in [0.05, 0.1) is 12.7 Å². The molecule has 0 spiro atoms. The molecule has 120 valence electrons. The van der Waals surface area contributed by atoms with Gasteiger partial charge in [0.1, 0.15) is 5.60 Å². The molecule has 4 heteroatoms. The van der Waals surface area contributed by atoms with Gasteiger partial charge in [-0.05, 0) is 58.3 Å². The number of hydrogen-bond acceptors (Lipinski definition) is 4. The molecule has 2 atom stereocenters. The molecule has 1 aliphatic heterocycles. The maximum atomic E-state index is 12.0. The van der Waals surface area contributed by atoms with Crippen molar-refractivity contribution in [2.24, 2.45) is 5.92 Å². The number of esters is 1. The summed E-state index contributed by atoms with van der Waals surface area (Å²) in [7, 11) is 0. The summed E-state index contributed by atoms with van der Waals surface area (Å²) >= 11 is 0. The van der Waals surface area contributed by atoms with Crippen molar-refractivity contribution in [3.05, 3.63) is 12.2 Å². The fraction of sp³-hybridized carbons (Fsp3) is 0.824. The summed E-state index contributed by atoms with van der Waals surface area (Å²) < 4.78 is 11.8. The van der Waals surface area contributed by atoms with Crippen molar-refractivity contribution in [2.75, 3.05) is 13.2 Å². The zero-order valence-corrected chi connectivity index (χ0v) is 13.1. The molecule has 21 heavy (non-hydrogen) atoms. The van der Waals surface area contributed by atoms with Crippen molar-refractivity contribution in [1.29, 1.82) is 0 Å². The van der Waals surface area contributed by atoms with Crippen LogP contribution in [-0.4, -0.2) is 36.0 Å². The molecule has 0 bridgehead atoms. The maximum absolute atomic E-state index is 12.0. The zero-order chi connectivity index (χ0) is 15.3. The van der Waals surface area contributed by atoms with Crippen LogP contribution in [0.1, 0.15) is 58.3 Å². The van der Waals surface area contributed by atoms with Crippen LogP contribution in [-0.2, 0) is 14.3 Å². The van der Waals surface area contributed by atoms with Crippen LogP contribution in [0.5, 0.6) is 0 Å². The van der Waals surface area contributed by atoms with Crippen LogP contribution in [0.25, 0.3) is 0 Å². The minimum atomic E-state index is -0.332. The highest BCUT2D eigenvalue weighted by Gasteiger charge is 2.48. The summed E-state index contributed by atoms with van der Waals surface area (Å²) in [5.41, 5.74) is 0.140. The molecule has 4 nitrogen and oxygen atoms in total. The Bertz CT molecular complexity index is 371. The van der Waals surface area contributed by atoms with Gasteiger partial charge in [0.25, 0.3) is 0 Å². The fourth-order valence-corrected chi connectivity index (χ4v) is 3.60. The number of aliphatic hydroxyl groups is 1. The normalized spacial score (nSPS) is 27.7. The maximum Gasteiger partial charge on any atom is 0.333 e. The van der Waals surface area contributed by atoms with Gasteiger partial charge in [-0.2, -0.15) is 0 Å². The van der Waals surface area contributed by atoms with Gasteiger partial charge in [-0.25, -0.2) is 4.79 Å². The summed E-state index contributed by atoms with van der Waals surface area (Å²) in [5.74, 6) is 0.0445. The van der Waals surface area contributed by atoms with E-state index in [0.29, 0.717) is 18.1 Å². The highest BCUT2D eigenvalue weighted by atomic mass is 16.6. The lowest BCUT2D eigenvalue weighted by Crippen LogP contribution is -2.40. The zero-order valence-electron chi connectivity index (χ0n) is 13.1. The van der Waals surface area contributed by atoms with E-state index in [2.05, 4.69) is 6.58 Å². The number of unbranched alkanes of at least 4 members (excludes halogenated alkanes) is 1. The van der Waals surface area contributed by atoms with Crippen LogP contribution in [0.2, 0.25) is 0 Å². The monoisotopic (exact) mass is 296 g/mol. The lowest BCUT2D eigenvalue weighted by Gasteiger charge is -2.34. The topological polar surface area (TPSA) is 55.8 Å². The lowest BCUT2D eigenvalue weighted by atomic mass is 9.83. The molecule has 2 aliphatic rings. The quantitative estimate of drug-likeness (QED) is 0.446. The average Bonchev–Trinajstić information content (AvgIpc) is 3.09. The van der Waals surface area contributed by atoms with E-state index in [4.69, 9.17) is 14.6 Å². The van der Waals surface area contributed by atoms with Crippen molar-refractivity contribution in [3.63, 3.8) is 0 Å². The van der Waals surface area contributed by atoms with Gasteiger partial charge in [0.2, 0.25) is 0 Å². The second kappa shape index (κ2) is 7.41. The molecular formula is C17H28O4. The van der Waals surface area contributed by atoms with E-state index in [1.807, 2.05) is 0 Å². The number of carbonyl (C=O) groups excluding carboxylic acids is 1. The van der Waals surface area contributed by atoms with Gasteiger partial charge >= 0.3 is 5.97 Å². The van der Waals surface area contributed by atoms with Crippen LogP contribution in [0.3, 0.4) is 0 Å². The number of ether oxygens (including phenoxy) is 2. The molecular weight excluding hydrogens is 268 g/mol. The second-order valence-electron chi connectivity index (χ2n) is 6.55. The third kappa shape index (κ3) is 4.07. The van der Waals surface area contributed by atoms with Gasteiger partial charge in [-0.1, -0.05) is 6.58 Å². The third-order valence-electron chi connectivity index (χ3n) is 4.85. The van der Waals surface area contributed by atoms with E-state index < -0.39 is 0 Å². The SMILES string of the molecule is C=C(C)C(=O)OC1(C2COC(CCCCO)C2)CCCC1. The first kappa shape index (κ1) is 16.5. The average molecular weight is 296 g/mol. The van der Waals surface area contributed by atoms with Gasteiger partial charge in [0, 0.05) is 18.1 Å². The Balaban J connectivity index is 1.93. The summed E-state index contributed by atoms with van der Waals surface area (Å²) in [6.07, 6.45) is 8.17. The van der Waals surface area contributed by atoms with Crippen molar-refractivity contribution in [3.8, 4) is 0 Å². The highest BCUT2D eigenvalue weighted by molar-refractivity contribution is 5.87. The second-order valence-corrected chi connectivity index (χ2v) is 6.55. The van der Waals surface area contributed by atoms with E-state index in [0.717, 1.165) is 51.4 Å². The fourth-order valence-electron chi connectivity index (χ4n) is 3.60. The van der Waals surface area contributed by atoms with Crippen LogP contribution in [0, 0.1) is 5.92 Å². The summed E-state index contributed by atoms with van der Waals surface area (Å²) in [4.78, 5) is 12.0. The first-order chi connectivity index (χ1) is 10.1. The molecule has 0 radical (unpaired) electrons. The summed E-state index contributed by atoms with van der Waals surface area (Å²) in [6, 6.07) is 0. The van der Waals surface area contributed by atoms with Gasteiger partial charge in [0.15, 0.2) is 0 Å². The van der Waals surface area contributed by atoms with Crippen LogP contribution < -0.4 is 0 Å². The number of rotatable bonds is 7. The van der Waals surface area contributed by atoms with E-state index >= 15 is 0 Å². The molecule has 1 N–H and O–H groups in total. The Morgan fingerprint density at radius 3 is 2.71 bits per heavy atom. The molecule has 1 saturated carbocycles. The summed E-state index contributed by atoms with van der Waals surface area (Å²) in [5, 5.41) is 8.85. The molecule has 0 aromatic carbocycles. The number of hydrogen-bond donors (Lipinski definition) is 1. The smallest absolute Gasteiger partial charge is 0.333 e. The van der Waals surface area contributed by atoms with Crippen molar-refractivity contribution in [1.82, 2.24) is 0 Å². The van der Waals surface area contributed by atoms with E-state index in [9.17, 15) is 4.79 Å². The standard InChI is InChI=1S/C17H28O4/c1-13(2)16(19)21-17(8-4-5-9-17)14-11-15(20-12-14)7-3-6-10-18/h14-15,18H,1,3-12H2,2H3. The van der Waals surface area contributed by atoms with Gasteiger partial charge in [-0.3, -0.25) is 0 Å². The molecule has 2 rings (SSSR count). The number of aliphatic hydroxyl groups excluding tert-OH is 1. The van der Waals surface area contributed by atoms with Gasteiger partial charge in [-0.15, -0.1) is 0 Å². The Morgan fingerprint density at radius 2 is 2.10 bits per heavy atom. The molecule has 0 aromatic heterocycles. The molecule has 0 aromatic rings. The first-order valence-corrected chi connectivity index (χ1v) is 8.19. The molecule has 1 saturated heterocycles. The minimum absolute atomic E-state index is 0.246. The Labute approximate surface area is 127 Å². The lowest BCUT2D eigenvalue weighted by molar-refractivity contribution is -0.160. The largest absolute Gasteiger partial charge is 0.455 e. The van der Waals surface area contributed by atoms with Crippen molar-refractivity contribution >= 4 is 5.97 Å². The molecule has 1 heterocycles. The Morgan fingerprint density at radius 1 is 1.38 bits per heavy atom. The molecule has 2 fully saturated rings. The van der Waals surface area contributed by atoms with Crippen LogP contribution in [0.15, 0.2) is 12.2 Å². The van der Waals surface area contributed by atoms with Crippen molar-refractivity contribution in [2.45, 2.75) is 70.0 Å². The van der Waals surface area contributed by atoms with E-state index in [1.165, 1.54) is 0 Å². The minimum Gasteiger partial charge on any atom is -0.455 e. The predicted molar refractivity (Wildman–Crippen MR) is 80.9 cm³/mol. The van der Waals surface area contributed by atoms with Crippen molar-refractivity contribution < 1.29 is 19.4 Å². The Kier molecular flexibility index (Phi) is 5.82. The number of carbonyl (C=O) groups is 1. The first-order valence-electron chi connectivity index (χ1n) is 8.19. The van der Waals surface area contributed by atoms with Crippen LogP contribution >= 0.6 is 0 Å². The van der Waals surface area contributed by atoms with E-state index in [-0.39, 0.29) is 24.3 Å². The van der Waals surface area contributed by atoms with Crippen LogP contribution in [0.4, 0.5) is 0 Å². The van der Waals surface area contributed by atoms with E-state index in [1.54, 1.807) is 6.92 Å².